The van der Waals surface area contributed by atoms with Crippen molar-refractivity contribution in [2.45, 2.75) is 26.2 Å². The van der Waals surface area contributed by atoms with Crippen LogP contribution < -0.4 is 0 Å². The van der Waals surface area contributed by atoms with Gasteiger partial charge in [0.1, 0.15) is 11.5 Å². The molecule has 0 saturated carbocycles. The van der Waals surface area contributed by atoms with Crippen molar-refractivity contribution < 1.29 is 4.79 Å². The fourth-order valence-electron chi connectivity index (χ4n) is 1.67. The van der Waals surface area contributed by atoms with E-state index in [2.05, 4.69) is 4.99 Å². The zero-order valence-electron chi connectivity index (χ0n) is 7.21. The van der Waals surface area contributed by atoms with E-state index in [1.807, 2.05) is 6.92 Å². The maximum absolute atomic E-state index is 11.5. The first-order valence-electron chi connectivity index (χ1n) is 4.38. The van der Waals surface area contributed by atoms with Gasteiger partial charge in [-0.1, -0.05) is 6.08 Å². The summed E-state index contributed by atoms with van der Waals surface area (Å²) >= 11 is 0. The molecule has 2 rings (SSSR count). The summed E-state index contributed by atoms with van der Waals surface area (Å²) in [5, 5.41) is 0. The Morgan fingerprint density at radius 3 is 3.00 bits per heavy atom. The van der Waals surface area contributed by atoms with E-state index in [1.54, 1.807) is 11.0 Å². The molecule has 0 aliphatic carbocycles. The van der Waals surface area contributed by atoms with Crippen molar-refractivity contribution in [3.8, 4) is 0 Å². The van der Waals surface area contributed by atoms with Crippen LogP contribution in [0.25, 0.3) is 0 Å². The minimum absolute atomic E-state index is 0.0900. The van der Waals surface area contributed by atoms with Crippen LogP contribution in [-0.4, -0.2) is 23.2 Å². The molecule has 1 fully saturated rings. The number of carbonyl (C=O) groups is 1. The van der Waals surface area contributed by atoms with E-state index in [4.69, 9.17) is 0 Å². The average Bonchev–Trinajstić information content (AvgIpc) is 2.44. The normalized spacial score (nSPS) is 26.1. The number of aliphatic imine (C=N–C) groups is 1. The Balaban J connectivity index is 2.30. The summed E-state index contributed by atoms with van der Waals surface area (Å²) in [5.41, 5.74) is 0.618. The van der Waals surface area contributed by atoms with Gasteiger partial charge in [-0.05, 0) is 19.8 Å². The second kappa shape index (κ2) is 2.73. The van der Waals surface area contributed by atoms with Gasteiger partial charge in [0.05, 0.1) is 0 Å². The van der Waals surface area contributed by atoms with E-state index in [9.17, 15) is 4.79 Å². The highest BCUT2D eigenvalue weighted by Gasteiger charge is 2.30. The van der Waals surface area contributed by atoms with E-state index >= 15 is 0 Å². The van der Waals surface area contributed by atoms with Crippen LogP contribution in [0.5, 0.6) is 0 Å². The third kappa shape index (κ3) is 0.967. The van der Waals surface area contributed by atoms with E-state index in [-0.39, 0.29) is 5.91 Å². The zero-order chi connectivity index (χ0) is 8.55. The highest BCUT2D eigenvalue weighted by Crippen LogP contribution is 2.22. The molecule has 0 aromatic heterocycles. The molecular weight excluding hydrogens is 152 g/mol. The van der Waals surface area contributed by atoms with Gasteiger partial charge in [0.25, 0.3) is 5.91 Å². The first-order chi connectivity index (χ1) is 5.83. The van der Waals surface area contributed by atoms with E-state index in [0.29, 0.717) is 5.70 Å². The van der Waals surface area contributed by atoms with Crippen molar-refractivity contribution in [2.75, 3.05) is 6.54 Å². The minimum atomic E-state index is 0.0900. The molecule has 3 nitrogen and oxygen atoms in total. The molecule has 0 spiro atoms. The zero-order valence-corrected chi connectivity index (χ0v) is 7.21. The molecule has 1 amide bonds. The lowest BCUT2D eigenvalue weighted by Crippen LogP contribution is -2.35. The highest BCUT2D eigenvalue weighted by molar-refractivity contribution is 6.12. The predicted molar refractivity (Wildman–Crippen MR) is 46.8 cm³/mol. The number of carbonyl (C=O) groups excluding carboxylic acids is 1. The van der Waals surface area contributed by atoms with Crippen molar-refractivity contribution in [3.63, 3.8) is 0 Å². The standard InChI is InChI=1S/C9H12N2O/c1-2-7-9(12)11-6-4-3-5-8(11)10-7/h2H,3-6H2,1H3/b7-2+. The molecule has 1 saturated heterocycles. The van der Waals surface area contributed by atoms with Crippen LogP contribution in [0.15, 0.2) is 16.8 Å². The van der Waals surface area contributed by atoms with Crippen LogP contribution in [0.3, 0.4) is 0 Å². The largest absolute Gasteiger partial charge is 0.295 e. The number of nitrogens with zero attached hydrogens (tertiary/aromatic N) is 2. The lowest BCUT2D eigenvalue weighted by molar-refractivity contribution is -0.123. The van der Waals surface area contributed by atoms with E-state index in [1.165, 1.54) is 6.42 Å². The average molecular weight is 164 g/mol. The summed E-state index contributed by atoms with van der Waals surface area (Å²) in [7, 11) is 0. The number of hydrogen-bond donors (Lipinski definition) is 0. The monoisotopic (exact) mass is 164 g/mol. The van der Waals surface area contributed by atoms with Crippen LogP contribution in [0.1, 0.15) is 26.2 Å². The summed E-state index contributed by atoms with van der Waals surface area (Å²) in [6.45, 7) is 2.71. The topological polar surface area (TPSA) is 32.7 Å². The lowest BCUT2D eigenvalue weighted by atomic mass is 10.1. The Hall–Kier alpha value is -1.12. The molecule has 0 bridgehead atoms. The third-order valence-electron chi connectivity index (χ3n) is 2.33. The summed E-state index contributed by atoms with van der Waals surface area (Å²) in [5.74, 6) is 1.06. The maximum Gasteiger partial charge on any atom is 0.277 e. The quantitative estimate of drug-likeness (QED) is 0.497. The summed E-state index contributed by atoms with van der Waals surface area (Å²) in [4.78, 5) is 17.6. The van der Waals surface area contributed by atoms with Crippen LogP contribution in [0, 0.1) is 0 Å². The molecule has 64 valence electrons. The molecule has 12 heavy (non-hydrogen) atoms. The third-order valence-corrected chi connectivity index (χ3v) is 2.33. The molecule has 0 atom stereocenters. The molecule has 2 aliphatic rings. The Kier molecular flexibility index (Phi) is 1.71. The van der Waals surface area contributed by atoms with Gasteiger partial charge in [-0.2, -0.15) is 0 Å². The predicted octanol–water partition coefficient (Wildman–Crippen LogP) is 1.31. The van der Waals surface area contributed by atoms with Crippen molar-refractivity contribution in [3.05, 3.63) is 11.8 Å². The highest BCUT2D eigenvalue weighted by atomic mass is 16.2. The smallest absolute Gasteiger partial charge is 0.277 e. The molecule has 0 unspecified atom stereocenters. The molecule has 2 aliphatic heterocycles. The SMILES string of the molecule is C/C=C1/N=C2CCCCN2C1=O. The van der Waals surface area contributed by atoms with Crippen molar-refractivity contribution in [1.29, 1.82) is 0 Å². The summed E-state index contributed by atoms with van der Waals surface area (Å²) < 4.78 is 0. The Morgan fingerprint density at radius 2 is 2.33 bits per heavy atom. The first kappa shape index (κ1) is 7.53. The Bertz CT molecular complexity index is 278. The minimum Gasteiger partial charge on any atom is -0.295 e. The molecular formula is C9H12N2O. The molecule has 3 heteroatoms. The molecule has 0 radical (unpaired) electrons. The molecule has 0 N–H and O–H groups in total. The molecule has 2 heterocycles. The van der Waals surface area contributed by atoms with Gasteiger partial charge in [0.2, 0.25) is 0 Å². The van der Waals surface area contributed by atoms with Crippen LogP contribution in [-0.2, 0) is 4.79 Å². The van der Waals surface area contributed by atoms with Crippen LogP contribution in [0.4, 0.5) is 0 Å². The Morgan fingerprint density at radius 1 is 1.50 bits per heavy atom. The number of rotatable bonds is 0. The maximum atomic E-state index is 11.5. The fraction of sp³-hybridized carbons (Fsp3) is 0.556. The van der Waals surface area contributed by atoms with Gasteiger partial charge in [0.15, 0.2) is 0 Å². The number of hydrogen-bond acceptors (Lipinski definition) is 2. The molecule has 0 aromatic carbocycles. The van der Waals surface area contributed by atoms with E-state index in [0.717, 1.165) is 25.2 Å². The van der Waals surface area contributed by atoms with Gasteiger partial charge in [-0.25, -0.2) is 4.99 Å². The van der Waals surface area contributed by atoms with E-state index < -0.39 is 0 Å². The number of amidine groups is 1. The number of piperidine rings is 1. The van der Waals surface area contributed by atoms with Crippen molar-refractivity contribution >= 4 is 11.7 Å². The number of amides is 1. The van der Waals surface area contributed by atoms with Crippen molar-refractivity contribution in [1.82, 2.24) is 4.90 Å². The first-order valence-corrected chi connectivity index (χ1v) is 4.38. The lowest BCUT2D eigenvalue weighted by Gasteiger charge is -2.22. The second-order valence-corrected chi connectivity index (χ2v) is 3.12. The van der Waals surface area contributed by atoms with Crippen LogP contribution in [0.2, 0.25) is 0 Å². The fourth-order valence-corrected chi connectivity index (χ4v) is 1.67. The van der Waals surface area contributed by atoms with Crippen LogP contribution >= 0.6 is 0 Å². The van der Waals surface area contributed by atoms with Crippen molar-refractivity contribution in [2.24, 2.45) is 4.99 Å². The van der Waals surface area contributed by atoms with Gasteiger partial charge in [-0.15, -0.1) is 0 Å². The number of fused-ring (bicyclic) bond motifs is 1. The summed E-state index contributed by atoms with van der Waals surface area (Å²) in [6.07, 6.45) is 5.03. The Labute approximate surface area is 71.8 Å². The number of allylic oxidation sites excluding steroid dienone is 1. The van der Waals surface area contributed by atoms with Gasteiger partial charge in [-0.3, -0.25) is 9.69 Å². The molecule has 0 aromatic rings. The van der Waals surface area contributed by atoms with Gasteiger partial charge < -0.3 is 0 Å². The second-order valence-electron chi connectivity index (χ2n) is 3.12. The summed E-state index contributed by atoms with van der Waals surface area (Å²) in [6, 6.07) is 0. The van der Waals surface area contributed by atoms with Gasteiger partial charge >= 0.3 is 0 Å². The van der Waals surface area contributed by atoms with Gasteiger partial charge in [0, 0.05) is 13.0 Å².